The summed E-state index contributed by atoms with van der Waals surface area (Å²) in [5, 5.41) is 56.3. The molecule has 6 N–H and O–H groups in total. The van der Waals surface area contributed by atoms with E-state index in [9.17, 15) is 30.4 Å². The van der Waals surface area contributed by atoms with Gasteiger partial charge in [0.05, 0.1) is 24.5 Å². The SMILES string of the molecule is C#C[Si](C)(C)C.CCO.C[Si](C)(C)C#Cc1cc(N)ccc1O.C[Si](C)(C)C#Cc1cc([N+](=O)[O-])ccc1O.O=[N+]([O-])c1ccc(O)c(I)c1.[Cl][Sn][Cl]. The first-order valence-corrected chi connectivity index (χ1v) is 34.3. The van der Waals surface area contributed by atoms with Crippen molar-refractivity contribution >= 4 is 101 Å². The van der Waals surface area contributed by atoms with E-state index in [2.05, 4.69) is 87.4 Å². The number of halogens is 3. The molecule has 11 nitrogen and oxygen atoms in total. The molecule has 3 aromatic rings. The number of benzene rings is 3. The van der Waals surface area contributed by atoms with E-state index in [0.717, 1.165) is 0 Å². The van der Waals surface area contributed by atoms with Gasteiger partial charge in [0.15, 0.2) is 0 Å². The first kappa shape index (κ1) is 54.4. The maximum absolute atomic E-state index is 10.6. The Balaban J connectivity index is -0.000000620. The molecule has 0 aliphatic carbocycles. The molecule has 0 heterocycles. The molecule has 0 aliphatic heterocycles. The number of aliphatic hydroxyl groups is 1. The normalized spacial score (nSPS) is 9.75. The first-order valence-electron chi connectivity index (χ1n) is 15.5. The number of nitrogens with zero attached hydrogens (tertiary/aromatic N) is 2. The Morgan fingerprint density at radius 2 is 1.06 bits per heavy atom. The summed E-state index contributed by atoms with van der Waals surface area (Å²) in [5.41, 5.74) is 16.1. The van der Waals surface area contributed by atoms with Crippen LogP contribution in [0.25, 0.3) is 0 Å². The summed E-state index contributed by atoms with van der Waals surface area (Å²) in [4.78, 5) is 19.7. The van der Waals surface area contributed by atoms with Gasteiger partial charge in [0.2, 0.25) is 0 Å². The van der Waals surface area contributed by atoms with Crippen molar-refractivity contribution in [2.45, 2.75) is 65.8 Å². The van der Waals surface area contributed by atoms with E-state index in [-0.39, 0.29) is 35.2 Å². The van der Waals surface area contributed by atoms with E-state index < -0.39 is 53.0 Å². The number of non-ortho nitro benzene ring substituents is 2. The minimum atomic E-state index is -1.55. The number of hydrogen-bond acceptors (Lipinski definition) is 9. The number of nitro groups is 2. The van der Waals surface area contributed by atoms with Crippen LogP contribution in [0, 0.1) is 58.7 Å². The zero-order chi connectivity index (χ0) is 42.2. The predicted octanol–water partition coefficient (Wildman–Crippen LogP) is 9.13. The summed E-state index contributed by atoms with van der Waals surface area (Å²) >= 11 is 1.00. The van der Waals surface area contributed by atoms with Gasteiger partial charge < -0.3 is 26.2 Å². The van der Waals surface area contributed by atoms with Crippen LogP contribution in [0.5, 0.6) is 17.2 Å². The van der Waals surface area contributed by atoms with Gasteiger partial charge in [-0.05, 0) is 59.8 Å². The third-order valence-electron chi connectivity index (χ3n) is 4.93. The molecule has 0 aliphatic rings. The topological polar surface area (TPSA) is 193 Å². The monoisotopic (exact) mass is 1040 g/mol. The molecule has 0 amide bonds. The summed E-state index contributed by atoms with van der Waals surface area (Å²) < 4.78 is 0.483. The molecule has 2 radical (unpaired) electrons. The number of phenolic OH excluding ortho intramolecular Hbond substituents is 3. The van der Waals surface area contributed by atoms with E-state index in [0.29, 0.717) is 20.4 Å². The molecule has 0 atom stereocenters. The molecule has 3 rings (SSSR count). The zero-order valence-electron chi connectivity index (χ0n) is 31.5. The van der Waals surface area contributed by atoms with Gasteiger partial charge in [-0.15, -0.1) is 23.1 Å². The molecule has 18 heteroatoms. The van der Waals surface area contributed by atoms with Crippen molar-refractivity contribution in [2.75, 3.05) is 12.3 Å². The second-order valence-electron chi connectivity index (χ2n) is 13.4. The number of anilines is 1. The Hall–Kier alpha value is -2.94. The van der Waals surface area contributed by atoms with E-state index in [4.69, 9.17) is 40.2 Å². The van der Waals surface area contributed by atoms with E-state index in [1.54, 1.807) is 25.1 Å². The van der Waals surface area contributed by atoms with Gasteiger partial charge in [-0.3, -0.25) is 20.2 Å². The molecule has 0 aromatic heterocycles. The van der Waals surface area contributed by atoms with E-state index in [1.807, 2.05) is 22.6 Å². The van der Waals surface area contributed by atoms with Crippen molar-refractivity contribution in [1.29, 1.82) is 0 Å². The summed E-state index contributed by atoms with van der Waals surface area (Å²) in [5.74, 6) is 6.03. The maximum atomic E-state index is 10.6. The third kappa shape index (κ3) is 31.1. The number of aromatic hydroxyl groups is 3. The number of rotatable bonds is 2. The molecule has 3 aromatic carbocycles. The van der Waals surface area contributed by atoms with Crippen LogP contribution in [-0.4, -0.2) is 80.0 Å². The van der Waals surface area contributed by atoms with Crippen LogP contribution in [0.4, 0.5) is 17.1 Å². The van der Waals surface area contributed by atoms with Gasteiger partial charge in [0.25, 0.3) is 11.4 Å². The number of terminal acetylenes is 1. The van der Waals surface area contributed by atoms with E-state index >= 15 is 0 Å². The first-order chi connectivity index (χ1) is 24.2. The van der Waals surface area contributed by atoms with Crippen LogP contribution in [0.15, 0.2) is 54.6 Å². The second-order valence-corrected chi connectivity index (χ2v) is 33.1. The summed E-state index contributed by atoms with van der Waals surface area (Å²) in [7, 11) is 5.82. The number of nitrogens with two attached hydrogens (primary N) is 1. The van der Waals surface area contributed by atoms with Crippen molar-refractivity contribution in [3.8, 4) is 52.1 Å². The molecular formula is C35H48Cl2IN3O8Si3Sn. The quantitative estimate of drug-likeness (QED) is 0.0317. The fraction of sp³-hybridized carbons (Fsp3) is 0.314. The summed E-state index contributed by atoms with van der Waals surface area (Å²) in [6, 6.07) is 12.7. The van der Waals surface area contributed by atoms with Gasteiger partial charge in [0, 0.05) is 36.6 Å². The minimum absolute atomic E-state index is 0.00722. The van der Waals surface area contributed by atoms with Crippen molar-refractivity contribution in [2.24, 2.45) is 0 Å². The van der Waals surface area contributed by atoms with Crippen LogP contribution in [-0.2, 0) is 0 Å². The number of hydrogen-bond donors (Lipinski definition) is 5. The van der Waals surface area contributed by atoms with Crippen molar-refractivity contribution in [3.05, 3.63) is 89.5 Å². The molecule has 0 unspecified atom stereocenters. The van der Waals surface area contributed by atoms with Gasteiger partial charge in [-0.25, -0.2) is 0 Å². The van der Waals surface area contributed by atoms with Crippen LogP contribution >= 0.6 is 40.4 Å². The fourth-order valence-electron chi connectivity index (χ4n) is 2.51. The molecule has 0 fully saturated rings. The molecule has 53 heavy (non-hydrogen) atoms. The Bertz CT molecular complexity index is 1790. The second kappa shape index (κ2) is 27.6. The van der Waals surface area contributed by atoms with Crippen LogP contribution in [0.3, 0.4) is 0 Å². The molecule has 288 valence electrons. The van der Waals surface area contributed by atoms with Gasteiger partial charge in [-0.2, -0.15) is 0 Å². The average Bonchev–Trinajstić information content (AvgIpc) is 3.03. The van der Waals surface area contributed by atoms with Crippen LogP contribution in [0.2, 0.25) is 58.9 Å². The van der Waals surface area contributed by atoms with Crippen molar-refractivity contribution < 1.29 is 30.3 Å². The van der Waals surface area contributed by atoms with E-state index in [1.165, 1.54) is 36.4 Å². The van der Waals surface area contributed by atoms with Crippen LogP contribution < -0.4 is 5.73 Å². The Kier molecular flexibility index (Phi) is 28.3. The summed E-state index contributed by atoms with van der Waals surface area (Å²) in [6.07, 6.45) is 5.12. The number of aliphatic hydroxyl groups excluding tert-OH is 1. The van der Waals surface area contributed by atoms with Gasteiger partial charge in [-0.1, -0.05) is 70.8 Å². The Labute approximate surface area is 347 Å². The molecular weight excluding hydrogens is 991 g/mol. The molecule has 0 spiro atoms. The van der Waals surface area contributed by atoms with Gasteiger partial charge in [0.1, 0.15) is 41.5 Å². The van der Waals surface area contributed by atoms with Gasteiger partial charge >= 0.3 is 36.7 Å². The number of nitrogen functional groups attached to an aromatic ring is 1. The Morgan fingerprint density at radius 3 is 1.38 bits per heavy atom. The zero-order valence-corrected chi connectivity index (χ0v) is 41.0. The number of nitro benzene ring substituents is 2. The van der Waals surface area contributed by atoms with Crippen LogP contribution in [0.1, 0.15) is 18.1 Å². The standard InChI is InChI=1S/C11H13NO3Si.C11H15NOSi.C6H4INO3.C5H10Si.C2H6O.2ClH.Sn/c1-16(2,3)7-6-9-8-10(12(14)15)4-5-11(9)13;1-14(2,3)7-6-9-8-10(12)4-5-11(9)13;7-5-3-4(8(10)11)1-2-6(5)9;1-5-6(2,3)4;1-2-3;;;/h4-5,8,13H,1-3H3;4-5,8,13H,12H2,1-3H3;1-3,9H;1H,2-4H3;3H,2H2,1H3;2*1H;/q;;;;;;;+2/p-2. The summed E-state index contributed by atoms with van der Waals surface area (Å²) in [6.45, 7) is 21.0. The number of phenols is 3. The predicted molar refractivity (Wildman–Crippen MR) is 238 cm³/mol. The molecule has 0 saturated carbocycles. The third-order valence-corrected chi connectivity index (χ3v) is 8.41. The van der Waals surface area contributed by atoms with Crippen molar-refractivity contribution in [1.82, 2.24) is 0 Å². The molecule has 0 saturated heterocycles. The van der Waals surface area contributed by atoms with Crippen molar-refractivity contribution in [3.63, 3.8) is 0 Å². The fourth-order valence-corrected chi connectivity index (χ4v) is 4.03. The molecule has 0 bridgehead atoms. The Morgan fingerprint density at radius 1 is 0.736 bits per heavy atom. The average molecular weight is 1040 g/mol.